The fourth-order valence-corrected chi connectivity index (χ4v) is 3.23. The van der Waals surface area contributed by atoms with Gasteiger partial charge in [-0.2, -0.15) is 0 Å². The molecule has 2 aromatic rings. The van der Waals surface area contributed by atoms with Gasteiger partial charge in [0.1, 0.15) is 10.8 Å². The molecule has 0 fully saturated rings. The van der Waals surface area contributed by atoms with Crippen molar-refractivity contribution in [2.75, 3.05) is 18.6 Å². The van der Waals surface area contributed by atoms with Crippen LogP contribution in [-0.4, -0.2) is 31.5 Å². The first-order chi connectivity index (χ1) is 14.0. The summed E-state index contributed by atoms with van der Waals surface area (Å²) in [5, 5.41) is -0.178. The number of carbonyl (C=O) groups excluding carboxylic acids is 3. The van der Waals surface area contributed by atoms with Gasteiger partial charge in [-0.05, 0) is 36.8 Å². The fourth-order valence-electron chi connectivity index (χ4n) is 2.96. The predicted molar refractivity (Wildman–Crippen MR) is 110 cm³/mol. The Balaban J connectivity index is 1.85. The zero-order valence-corrected chi connectivity index (χ0v) is 16.9. The van der Waals surface area contributed by atoms with E-state index in [1.165, 1.54) is 31.4 Å². The average Bonchev–Trinajstić information content (AvgIpc) is 2.96. The molecule has 7 heteroatoms. The lowest BCUT2D eigenvalue weighted by Crippen LogP contribution is -2.31. The van der Waals surface area contributed by atoms with E-state index in [1.807, 2.05) is 6.92 Å². The van der Waals surface area contributed by atoms with Gasteiger partial charge < -0.3 is 9.47 Å². The number of carbonyl (C=O) groups is 3. The van der Waals surface area contributed by atoms with Crippen molar-refractivity contribution in [1.82, 2.24) is 0 Å². The molecule has 29 heavy (non-hydrogen) atoms. The number of halogens is 1. The number of rotatable bonds is 7. The number of hydrogen-bond acceptors (Lipinski definition) is 5. The second kappa shape index (κ2) is 8.92. The van der Waals surface area contributed by atoms with Gasteiger partial charge >= 0.3 is 5.97 Å². The highest BCUT2D eigenvalue weighted by Gasteiger charge is 2.40. The van der Waals surface area contributed by atoms with E-state index in [-0.39, 0.29) is 10.6 Å². The maximum atomic E-state index is 13.0. The van der Waals surface area contributed by atoms with Crippen molar-refractivity contribution in [1.29, 1.82) is 0 Å². The summed E-state index contributed by atoms with van der Waals surface area (Å²) in [7, 11) is 1.48. The van der Waals surface area contributed by atoms with E-state index < -0.39 is 17.8 Å². The molecular formula is C22H20ClNO5. The Morgan fingerprint density at radius 3 is 2.38 bits per heavy atom. The number of anilines is 1. The van der Waals surface area contributed by atoms with Crippen LogP contribution in [0.2, 0.25) is 0 Å². The standard InChI is InChI=1S/C22H20ClNO5/c1-3-4-13-29-22(27)14-9-11-15(12-10-14)24-20(25)18(19(23)21(24)26)16-7-5-6-8-17(16)28-2/h5-12H,3-4,13H2,1-2H3. The third-order valence-electron chi connectivity index (χ3n) is 4.50. The van der Waals surface area contributed by atoms with Crippen molar-refractivity contribution >= 4 is 40.6 Å². The largest absolute Gasteiger partial charge is 0.496 e. The summed E-state index contributed by atoms with van der Waals surface area (Å²) in [5.74, 6) is -1.19. The summed E-state index contributed by atoms with van der Waals surface area (Å²) in [4.78, 5) is 38.7. The Bertz CT molecular complexity index is 981. The van der Waals surface area contributed by atoms with Crippen molar-refractivity contribution in [3.63, 3.8) is 0 Å². The highest BCUT2D eigenvalue weighted by atomic mass is 35.5. The van der Waals surface area contributed by atoms with Gasteiger partial charge in [-0.25, -0.2) is 9.69 Å². The maximum Gasteiger partial charge on any atom is 0.338 e. The van der Waals surface area contributed by atoms with Crippen molar-refractivity contribution in [2.24, 2.45) is 0 Å². The molecule has 0 aliphatic carbocycles. The second-order valence-electron chi connectivity index (χ2n) is 6.37. The van der Waals surface area contributed by atoms with Crippen LogP contribution in [0.4, 0.5) is 5.69 Å². The van der Waals surface area contributed by atoms with E-state index in [9.17, 15) is 14.4 Å². The summed E-state index contributed by atoms with van der Waals surface area (Å²) in [5.41, 5.74) is 1.18. The van der Waals surface area contributed by atoms with Crippen LogP contribution in [0.1, 0.15) is 35.7 Å². The number of nitrogens with zero attached hydrogens (tertiary/aromatic N) is 1. The number of amides is 2. The van der Waals surface area contributed by atoms with Gasteiger partial charge in [0.2, 0.25) is 0 Å². The second-order valence-corrected chi connectivity index (χ2v) is 6.75. The number of para-hydroxylation sites is 1. The highest BCUT2D eigenvalue weighted by molar-refractivity contribution is 6.60. The van der Waals surface area contributed by atoms with E-state index in [2.05, 4.69) is 0 Å². The molecule has 0 aromatic heterocycles. The van der Waals surface area contributed by atoms with Gasteiger partial charge in [-0.1, -0.05) is 43.1 Å². The van der Waals surface area contributed by atoms with Crippen LogP contribution in [0.3, 0.4) is 0 Å². The normalized spacial score (nSPS) is 13.8. The van der Waals surface area contributed by atoms with Crippen LogP contribution >= 0.6 is 11.6 Å². The number of imide groups is 1. The van der Waals surface area contributed by atoms with Gasteiger partial charge in [0.15, 0.2) is 0 Å². The van der Waals surface area contributed by atoms with E-state index in [0.29, 0.717) is 29.2 Å². The molecule has 0 spiro atoms. The van der Waals surface area contributed by atoms with Crippen molar-refractivity contribution in [2.45, 2.75) is 19.8 Å². The van der Waals surface area contributed by atoms with Crippen LogP contribution in [-0.2, 0) is 14.3 Å². The molecule has 2 aromatic carbocycles. The maximum absolute atomic E-state index is 13.0. The molecule has 0 N–H and O–H groups in total. The Kier molecular flexibility index (Phi) is 6.34. The van der Waals surface area contributed by atoms with Gasteiger partial charge in [-0.3, -0.25) is 9.59 Å². The molecule has 1 aliphatic heterocycles. The minimum atomic E-state index is -0.629. The van der Waals surface area contributed by atoms with Crippen LogP contribution < -0.4 is 9.64 Å². The topological polar surface area (TPSA) is 72.9 Å². The first kappa shape index (κ1) is 20.6. The molecule has 6 nitrogen and oxygen atoms in total. The molecule has 0 saturated heterocycles. The quantitative estimate of drug-likeness (QED) is 0.387. The van der Waals surface area contributed by atoms with Gasteiger partial charge in [0.25, 0.3) is 11.8 Å². The molecule has 0 unspecified atom stereocenters. The number of methoxy groups -OCH3 is 1. The predicted octanol–water partition coefficient (Wildman–Crippen LogP) is 4.18. The number of esters is 1. The Morgan fingerprint density at radius 1 is 1.03 bits per heavy atom. The van der Waals surface area contributed by atoms with E-state index in [0.717, 1.165) is 17.7 Å². The van der Waals surface area contributed by atoms with Crippen molar-refractivity contribution < 1.29 is 23.9 Å². The average molecular weight is 414 g/mol. The third kappa shape index (κ3) is 4.03. The molecule has 0 bridgehead atoms. The Morgan fingerprint density at radius 2 is 1.72 bits per heavy atom. The molecular weight excluding hydrogens is 394 g/mol. The first-order valence-electron chi connectivity index (χ1n) is 9.18. The smallest absolute Gasteiger partial charge is 0.338 e. The minimum absolute atomic E-state index is 0.0807. The number of benzene rings is 2. The molecule has 1 heterocycles. The monoisotopic (exact) mass is 413 g/mol. The van der Waals surface area contributed by atoms with E-state index in [1.54, 1.807) is 24.3 Å². The third-order valence-corrected chi connectivity index (χ3v) is 4.85. The highest BCUT2D eigenvalue weighted by Crippen LogP contribution is 2.38. The molecule has 3 rings (SSSR count). The van der Waals surface area contributed by atoms with Gasteiger partial charge in [0, 0.05) is 5.56 Å². The SMILES string of the molecule is CCCCOC(=O)c1ccc(N2C(=O)C(Cl)=C(c3ccccc3OC)C2=O)cc1. The van der Waals surface area contributed by atoms with Crippen LogP contribution in [0.25, 0.3) is 5.57 Å². The zero-order chi connectivity index (χ0) is 21.0. The summed E-state index contributed by atoms with van der Waals surface area (Å²) < 4.78 is 10.5. The van der Waals surface area contributed by atoms with Gasteiger partial charge in [-0.15, -0.1) is 0 Å². The summed E-state index contributed by atoms with van der Waals surface area (Å²) in [6, 6.07) is 12.9. The molecule has 1 aliphatic rings. The summed E-state index contributed by atoms with van der Waals surface area (Å²) >= 11 is 6.22. The Hall–Kier alpha value is -3.12. The summed E-state index contributed by atoms with van der Waals surface area (Å²) in [6.45, 7) is 2.35. The lowest BCUT2D eigenvalue weighted by molar-refractivity contribution is -0.119. The Labute approximate surface area is 173 Å². The van der Waals surface area contributed by atoms with E-state index >= 15 is 0 Å². The summed E-state index contributed by atoms with van der Waals surface area (Å²) in [6.07, 6.45) is 1.71. The molecule has 0 saturated carbocycles. The fraction of sp³-hybridized carbons (Fsp3) is 0.227. The van der Waals surface area contributed by atoms with Crippen molar-refractivity contribution in [3.8, 4) is 5.75 Å². The van der Waals surface area contributed by atoms with Gasteiger partial charge in [0.05, 0.1) is 30.5 Å². The zero-order valence-electron chi connectivity index (χ0n) is 16.1. The number of hydrogen-bond donors (Lipinski definition) is 0. The van der Waals surface area contributed by atoms with Crippen LogP contribution in [0.5, 0.6) is 5.75 Å². The van der Waals surface area contributed by atoms with Crippen molar-refractivity contribution in [3.05, 3.63) is 64.7 Å². The van der Waals surface area contributed by atoms with E-state index in [4.69, 9.17) is 21.1 Å². The minimum Gasteiger partial charge on any atom is -0.496 e. The molecule has 0 radical (unpaired) electrons. The molecule has 2 amide bonds. The molecule has 150 valence electrons. The van der Waals surface area contributed by atoms with Crippen LogP contribution in [0, 0.1) is 0 Å². The number of unbranched alkanes of at least 4 members (excludes halogenated alkanes) is 1. The number of ether oxygens (including phenoxy) is 2. The lowest BCUT2D eigenvalue weighted by atomic mass is 10.0. The first-order valence-corrected chi connectivity index (χ1v) is 9.56. The lowest BCUT2D eigenvalue weighted by Gasteiger charge is -2.16. The molecule has 0 atom stereocenters. The van der Waals surface area contributed by atoms with Crippen LogP contribution in [0.15, 0.2) is 53.6 Å².